The van der Waals surface area contributed by atoms with E-state index in [0.717, 1.165) is 0 Å². The molecule has 0 aliphatic heterocycles. The zero-order valence-electron chi connectivity index (χ0n) is 10.8. The third-order valence-electron chi connectivity index (χ3n) is 2.03. The Hall–Kier alpha value is -0.920. The van der Waals surface area contributed by atoms with Gasteiger partial charge in [0.05, 0.1) is 5.60 Å². The summed E-state index contributed by atoms with van der Waals surface area (Å²) in [7, 11) is -3.71. The van der Waals surface area contributed by atoms with Crippen LogP contribution in [0.1, 0.15) is 33.5 Å². The van der Waals surface area contributed by atoms with E-state index < -0.39 is 15.6 Å². The summed E-state index contributed by atoms with van der Waals surface area (Å²) >= 11 is 0. The quantitative estimate of drug-likeness (QED) is 0.827. The van der Waals surface area contributed by atoms with Crippen LogP contribution in [0.5, 0.6) is 0 Å². The Morgan fingerprint density at radius 2 is 2.06 bits per heavy atom. The lowest BCUT2D eigenvalue weighted by Crippen LogP contribution is -2.33. The van der Waals surface area contributed by atoms with Crippen LogP contribution in [-0.4, -0.2) is 23.6 Å². The van der Waals surface area contributed by atoms with Crippen molar-refractivity contribution in [2.24, 2.45) is 0 Å². The summed E-state index contributed by atoms with van der Waals surface area (Å²) in [5.41, 5.74) is -0.588. The smallest absolute Gasteiger partial charge is 0.281 e. The topological polar surface area (TPSA) is 73.2 Å². The fourth-order valence-electron chi connectivity index (χ4n) is 1.15. The molecule has 1 aromatic heterocycles. The highest BCUT2D eigenvalue weighted by atomic mass is 32.2. The van der Waals surface area contributed by atoms with Crippen LogP contribution in [-0.2, 0) is 21.4 Å². The summed E-state index contributed by atoms with van der Waals surface area (Å²) in [6, 6.07) is 0. The molecule has 0 spiro atoms. The molecule has 17 heavy (non-hydrogen) atoms. The van der Waals surface area contributed by atoms with Gasteiger partial charge < -0.3 is 4.57 Å². The van der Waals surface area contributed by atoms with Crippen molar-refractivity contribution in [3.8, 4) is 0 Å². The molecule has 0 atom stereocenters. The van der Waals surface area contributed by atoms with Gasteiger partial charge in [0.2, 0.25) is 0 Å². The second-order valence-electron chi connectivity index (χ2n) is 4.71. The molecule has 1 N–H and O–H groups in total. The average Bonchev–Trinajstić information content (AvgIpc) is 2.56. The van der Waals surface area contributed by atoms with Gasteiger partial charge in [-0.2, -0.15) is 0 Å². The van der Waals surface area contributed by atoms with Gasteiger partial charge in [0.15, 0.2) is 5.03 Å². The molecule has 0 amide bonds. The largest absolute Gasteiger partial charge is 0.334 e. The van der Waals surface area contributed by atoms with E-state index in [0.29, 0.717) is 12.4 Å². The number of hydrogen-bond donors (Lipinski definition) is 1. The summed E-state index contributed by atoms with van der Waals surface area (Å²) in [5.74, 6) is 0.656. The fourth-order valence-corrected chi connectivity index (χ4v) is 2.11. The molecule has 1 heterocycles. The summed E-state index contributed by atoms with van der Waals surface area (Å²) in [6.45, 7) is 9.62. The van der Waals surface area contributed by atoms with Crippen molar-refractivity contribution in [2.45, 2.75) is 51.8 Å². The van der Waals surface area contributed by atoms with Crippen LogP contribution < -0.4 is 4.89 Å². The summed E-state index contributed by atoms with van der Waals surface area (Å²) in [5, 5.41) is -0.0268. The van der Waals surface area contributed by atoms with Gasteiger partial charge >= 0.3 is 0 Å². The molecule has 0 fully saturated rings. The minimum Gasteiger partial charge on any atom is -0.334 e. The Bertz CT molecular complexity index is 485. The predicted molar refractivity (Wildman–Crippen MR) is 63.8 cm³/mol. The van der Waals surface area contributed by atoms with E-state index in [2.05, 4.69) is 9.87 Å². The van der Waals surface area contributed by atoms with E-state index in [1.807, 2.05) is 6.92 Å². The standard InChI is InChI=1S/C10H19N3O3S/c1-6-13-7-9(11-8(13)2)17(14,15)12-16-10(3,4)5/h7,12H,6H2,1-5H3. The second-order valence-corrected chi connectivity index (χ2v) is 6.31. The lowest BCUT2D eigenvalue weighted by molar-refractivity contribution is -0.0358. The third kappa shape index (κ3) is 3.79. The second kappa shape index (κ2) is 4.75. The molecule has 6 nitrogen and oxygen atoms in total. The maximum absolute atomic E-state index is 11.8. The first-order valence-corrected chi connectivity index (χ1v) is 6.87. The van der Waals surface area contributed by atoms with Gasteiger partial charge in [0, 0.05) is 12.7 Å². The van der Waals surface area contributed by atoms with Crippen molar-refractivity contribution in [1.82, 2.24) is 14.4 Å². The van der Waals surface area contributed by atoms with E-state index in [4.69, 9.17) is 4.84 Å². The summed E-state index contributed by atoms with van der Waals surface area (Å²) in [4.78, 5) is 11.1. The van der Waals surface area contributed by atoms with Crippen LogP contribution in [0.2, 0.25) is 0 Å². The molecule has 0 bridgehead atoms. The van der Waals surface area contributed by atoms with Gasteiger partial charge in [0.1, 0.15) is 5.82 Å². The highest BCUT2D eigenvalue weighted by Gasteiger charge is 2.22. The number of nitrogens with one attached hydrogen (secondary N) is 1. The van der Waals surface area contributed by atoms with Crippen molar-refractivity contribution < 1.29 is 13.3 Å². The molecule has 7 heteroatoms. The molecule has 98 valence electrons. The van der Waals surface area contributed by atoms with Crippen molar-refractivity contribution in [3.05, 3.63) is 12.0 Å². The molecule has 0 saturated heterocycles. The van der Waals surface area contributed by atoms with E-state index in [9.17, 15) is 8.42 Å². The zero-order valence-corrected chi connectivity index (χ0v) is 11.6. The van der Waals surface area contributed by atoms with Gasteiger partial charge in [-0.15, -0.1) is 0 Å². The van der Waals surface area contributed by atoms with Crippen LogP contribution in [0, 0.1) is 6.92 Å². The summed E-state index contributed by atoms with van der Waals surface area (Å²) in [6.07, 6.45) is 1.49. The molecule has 1 aromatic rings. The molecule has 0 aliphatic rings. The van der Waals surface area contributed by atoms with Crippen LogP contribution in [0.25, 0.3) is 0 Å². The number of nitrogens with zero attached hydrogens (tertiary/aromatic N) is 2. The highest BCUT2D eigenvalue weighted by molar-refractivity contribution is 7.89. The van der Waals surface area contributed by atoms with Gasteiger partial charge in [-0.3, -0.25) is 4.84 Å². The van der Waals surface area contributed by atoms with Crippen molar-refractivity contribution in [2.75, 3.05) is 0 Å². The first kappa shape index (κ1) is 14.1. The number of imidazole rings is 1. The lowest BCUT2D eigenvalue weighted by atomic mass is 10.2. The van der Waals surface area contributed by atoms with Crippen LogP contribution >= 0.6 is 0 Å². The molecule has 0 saturated carbocycles. The Balaban J connectivity index is 2.90. The van der Waals surface area contributed by atoms with Crippen LogP contribution in [0.15, 0.2) is 11.2 Å². The molecule has 0 radical (unpaired) electrons. The number of rotatable bonds is 4. The number of aromatic nitrogens is 2. The lowest BCUT2D eigenvalue weighted by Gasteiger charge is -2.18. The van der Waals surface area contributed by atoms with Crippen LogP contribution in [0.3, 0.4) is 0 Å². The normalized spacial score (nSPS) is 13.0. The number of hydrogen-bond acceptors (Lipinski definition) is 4. The van der Waals surface area contributed by atoms with Gasteiger partial charge in [-0.25, -0.2) is 13.4 Å². The van der Waals surface area contributed by atoms with E-state index >= 15 is 0 Å². The average molecular weight is 261 g/mol. The number of sulfonamides is 1. The van der Waals surface area contributed by atoms with E-state index in [1.54, 1.807) is 32.3 Å². The van der Waals surface area contributed by atoms with E-state index in [-0.39, 0.29) is 5.03 Å². The Morgan fingerprint density at radius 3 is 2.47 bits per heavy atom. The first-order chi connectivity index (χ1) is 7.65. The first-order valence-electron chi connectivity index (χ1n) is 5.39. The number of aryl methyl sites for hydroxylation is 2. The van der Waals surface area contributed by atoms with E-state index in [1.165, 1.54) is 6.20 Å². The van der Waals surface area contributed by atoms with Crippen LogP contribution in [0.4, 0.5) is 0 Å². The Morgan fingerprint density at radius 1 is 1.47 bits per heavy atom. The SMILES string of the molecule is CCn1cc(S(=O)(=O)NOC(C)(C)C)nc1C. The van der Waals surface area contributed by atoms with Crippen molar-refractivity contribution in [1.29, 1.82) is 0 Å². The zero-order chi connectivity index (χ0) is 13.3. The Labute approximate surface area is 102 Å². The van der Waals surface area contributed by atoms with Crippen molar-refractivity contribution >= 4 is 10.0 Å². The molecule has 1 rings (SSSR count). The molecule has 0 aromatic carbocycles. The molecular weight excluding hydrogens is 242 g/mol. The maximum atomic E-state index is 11.8. The summed E-state index contributed by atoms with van der Waals surface area (Å²) < 4.78 is 25.5. The molecule has 0 aliphatic carbocycles. The van der Waals surface area contributed by atoms with Crippen molar-refractivity contribution in [3.63, 3.8) is 0 Å². The molecule has 0 unspecified atom stereocenters. The van der Waals surface area contributed by atoms with Gasteiger partial charge in [-0.05, 0) is 34.6 Å². The monoisotopic (exact) mass is 261 g/mol. The molecular formula is C10H19N3O3S. The van der Waals surface area contributed by atoms with Gasteiger partial charge in [0.25, 0.3) is 10.0 Å². The maximum Gasteiger partial charge on any atom is 0.281 e. The minimum absolute atomic E-state index is 0.0268. The predicted octanol–water partition coefficient (Wildman–Crippen LogP) is 1.22. The fraction of sp³-hybridized carbons (Fsp3) is 0.700. The third-order valence-corrected chi connectivity index (χ3v) is 3.08. The van der Waals surface area contributed by atoms with Gasteiger partial charge in [-0.1, -0.05) is 4.89 Å². The minimum atomic E-state index is -3.71. The Kier molecular flexibility index (Phi) is 3.95. The highest BCUT2D eigenvalue weighted by Crippen LogP contribution is 2.11.